The molecule has 0 saturated heterocycles. The van der Waals surface area contributed by atoms with Crippen LogP contribution in [0.4, 0.5) is 31.1 Å². The molecule has 1 fully saturated rings. The molecular weight excluding hydrogens is 646 g/mol. The highest BCUT2D eigenvalue weighted by molar-refractivity contribution is 5.76. The van der Waals surface area contributed by atoms with E-state index in [9.17, 15) is 35.9 Å². The number of halogens is 6. The summed E-state index contributed by atoms with van der Waals surface area (Å²) in [6, 6.07) is 15.7. The zero-order valence-electron chi connectivity index (χ0n) is 25.8. The van der Waals surface area contributed by atoms with Crippen molar-refractivity contribution in [3.8, 4) is 17.2 Å². The maximum Gasteiger partial charge on any atom is 0.573 e. The molecule has 0 bridgehead atoms. The van der Waals surface area contributed by atoms with E-state index in [0.717, 1.165) is 49.9 Å². The van der Waals surface area contributed by atoms with Gasteiger partial charge in [-0.2, -0.15) is 0 Å². The predicted molar refractivity (Wildman–Crippen MR) is 163 cm³/mol. The van der Waals surface area contributed by atoms with Crippen LogP contribution in [0, 0.1) is 0 Å². The number of carboxylic acid groups (broad SMARTS) is 1. The van der Waals surface area contributed by atoms with Crippen LogP contribution in [-0.2, 0) is 16.8 Å². The second kappa shape index (κ2) is 16.0. The highest BCUT2D eigenvalue weighted by atomic mass is 19.4. The number of carboxylic acids is 1. The van der Waals surface area contributed by atoms with Crippen LogP contribution in [0.2, 0.25) is 0 Å². The molecule has 14 heteroatoms. The highest BCUT2D eigenvalue weighted by Crippen LogP contribution is 2.39. The molecule has 0 spiro atoms. The van der Waals surface area contributed by atoms with Gasteiger partial charge in [0.25, 0.3) is 0 Å². The summed E-state index contributed by atoms with van der Waals surface area (Å²) in [7, 11) is 0. The van der Waals surface area contributed by atoms with Crippen LogP contribution in [0.25, 0.3) is 0 Å². The van der Waals surface area contributed by atoms with E-state index >= 15 is 0 Å². The van der Waals surface area contributed by atoms with Gasteiger partial charge in [0.05, 0.1) is 12.1 Å². The van der Waals surface area contributed by atoms with E-state index in [1.165, 1.54) is 24.3 Å². The number of carbonyl (C=O) groups is 2. The van der Waals surface area contributed by atoms with Crippen LogP contribution in [0.5, 0.6) is 17.2 Å². The lowest BCUT2D eigenvalue weighted by atomic mass is 9.77. The lowest BCUT2D eigenvalue weighted by molar-refractivity contribution is -0.275. The number of carbonyl (C=O) groups excluding carboxylic acids is 1. The number of urea groups is 1. The third-order valence-corrected chi connectivity index (χ3v) is 7.83. The van der Waals surface area contributed by atoms with Crippen molar-refractivity contribution in [1.29, 1.82) is 0 Å². The Morgan fingerprint density at radius 1 is 0.750 bits per heavy atom. The largest absolute Gasteiger partial charge is 0.573 e. The van der Waals surface area contributed by atoms with Gasteiger partial charge in [-0.25, -0.2) is 4.79 Å². The zero-order valence-corrected chi connectivity index (χ0v) is 25.8. The molecule has 1 saturated carbocycles. The van der Waals surface area contributed by atoms with Gasteiger partial charge in [0.15, 0.2) is 0 Å². The molecule has 260 valence electrons. The van der Waals surface area contributed by atoms with Gasteiger partial charge >= 0.3 is 24.7 Å². The predicted octanol–water partition coefficient (Wildman–Crippen LogP) is 8.24. The summed E-state index contributed by atoms with van der Waals surface area (Å²) in [6.07, 6.45) is -5.02. The molecule has 0 aliphatic heterocycles. The minimum atomic E-state index is -5.03. The van der Waals surface area contributed by atoms with Crippen molar-refractivity contribution in [2.24, 2.45) is 0 Å². The Balaban J connectivity index is 1.72. The molecule has 4 rings (SSSR count). The Labute approximate surface area is 273 Å². The fraction of sp³-hybridized carbons (Fsp3) is 0.412. The van der Waals surface area contributed by atoms with Crippen LogP contribution < -0.4 is 24.8 Å². The van der Waals surface area contributed by atoms with Crippen LogP contribution >= 0.6 is 0 Å². The maximum atomic E-state index is 13.6. The fourth-order valence-electron chi connectivity index (χ4n) is 5.72. The second-order valence-electron chi connectivity index (χ2n) is 11.5. The van der Waals surface area contributed by atoms with E-state index in [0.29, 0.717) is 37.2 Å². The number of hydrogen-bond donors (Lipinski definition) is 3. The van der Waals surface area contributed by atoms with Crippen molar-refractivity contribution in [2.75, 3.05) is 6.61 Å². The summed E-state index contributed by atoms with van der Waals surface area (Å²) in [5.41, 5.74) is -0.937. The molecule has 3 N–H and O–H groups in total. The number of rotatable bonds is 15. The third-order valence-electron chi connectivity index (χ3n) is 7.83. The monoisotopic (exact) mass is 682 g/mol. The van der Waals surface area contributed by atoms with Gasteiger partial charge in [0, 0.05) is 18.9 Å². The molecule has 48 heavy (non-hydrogen) atoms. The molecular formula is C34H36F6N2O6. The van der Waals surface area contributed by atoms with Gasteiger partial charge in [-0.1, -0.05) is 49.2 Å². The summed E-state index contributed by atoms with van der Waals surface area (Å²) < 4.78 is 93.6. The first-order chi connectivity index (χ1) is 22.7. The van der Waals surface area contributed by atoms with E-state index in [1.54, 1.807) is 24.3 Å². The Kier molecular flexibility index (Phi) is 12.1. The summed E-state index contributed by atoms with van der Waals surface area (Å²) in [5, 5.41) is 14.6. The molecule has 2 amide bonds. The number of alkyl halides is 6. The summed E-state index contributed by atoms with van der Waals surface area (Å²) in [5.74, 6) is -1.54. The Morgan fingerprint density at radius 2 is 1.31 bits per heavy atom. The average molecular weight is 683 g/mol. The Hall–Kier alpha value is -4.62. The minimum Gasteiger partial charge on any atom is -0.494 e. The second-order valence-corrected chi connectivity index (χ2v) is 11.5. The average Bonchev–Trinajstić information content (AvgIpc) is 3.50. The van der Waals surface area contributed by atoms with Crippen molar-refractivity contribution in [1.82, 2.24) is 10.6 Å². The van der Waals surface area contributed by atoms with Crippen LogP contribution in [0.3, 0.4) is 0 Å². The van der Waals surface area contributed by atoms with Crippen molar-refractivity contribution in [3.05, 3.63) is 89.5 Å². The van der Waals surface area contributed by atoms with Gasteiger partial charge in [-0.3, -0.25) is 4.79 Å². The molecule has 0 atom stereocenters. The SMILES string of the molecule is O=C(O)CCCCCOc1ccc(CC(NC(=O)NC2CCCC2)(c2cccc(OC(F)(F)F)c2)c2cccc(OC(F)(F)F)c2)cc1. The number of ether oxygens (including phenoxy) is 3. The van der Waals surface area contributed by atoms with Gasteiger partial charge in [-0.15, -0.1) is 26.3 Å². The Bertz CT molecular complexity index is 1450. The van der Waals surface area contributed by atoms with Crippen LogP contribution in [0.15, 0.2) is 72.8 Å². The lowest BCUT2D eigenvalue weighted by Gasteiger charge is -2.37. The van der Waals surface area contributed by atoms with E-state index in [4.69, 9.17) is 9.84 Å². The van der Waals surface area contributed by atoms with Gasteiger partial charge in [-0.05, 0) is 85.2 Å². The van der Waals surface area contributed by atoms with E-state index in [1.807, 2.05) is 0 Å². The minimum absolute atomic E-state index is 0.0691. The standard InChI is InChI=1S/C34H36F6N2O6/c35-33(36,37)47-28-12-6-8-24(20-28)32(42-31(45)41-26-10-3-4-11-26,25-9-7-13-29(21-25)48-34(38,39)40)22-23-15-17-27(18-16-23)46-19-5-1-2-14-30(43)44/h6-9,12-13,15-18,20-21,26H,1-5,10-11,14,19,22H2,(H,43,44)(H2,41,42,45). The first kappa shape index (κ1) is 36.2. The van der Waals surface area contributed by atoms with Crippen molar-refractivity contribution in [3.63, 3.8) is 0 Å². The fourth-order valence-corrected chi connectivity index (χ4v) is 5.72. The first-order valence-corrected chi connectivity index (χ1v) is 15.5. The van der Waals surface area contributed by atoms with Gasteiger partial charge < -0.3 is 30.0 Å². The number of nitrogens with one attached hydrogen (secondary N) is 2. The molecule has 8 nitrogen and oxygen atoms in total. The first-order valence-electron chi connectivity index (χ1n) is 15.5. The molecule has 3 aromatic rings. The highest BCUT2D eigenvalue weighted by Gasteiger charge is 2.40. The van der Waals surface area contributed by atoms with Crippen molar-refractivity contribution < 1.29 is 55.2 Å². The quantitative estimate of drug-likeness (QED) is 0.110. The van der Waals surface area contributed by atoms with Gasteiger partial charge in [0.2, 0.25) is 0 Å². The number of amides is 2. The zero-order chi connectivity index (χ0) is 34.8. The molecule has 1 aliphatic rings. The van der Waals surface area contributed by atoms with Crippen molar-refractivity contribution in [2.45, 2.75) is 82.1 Å². The maximum absolute atomic E-state index is 13.6. The van der Waals surface area contributed by atoms with Gasteiger partial charge in [0.1, 0.15) is 17.2 Å². The summed E-state index contributed by atoms with van der Waals surface area (Å²) in [6.45, 7) is 0.337. The summed E-state index contributed by atoms with van der Waals surface area (Å²) >= 11 is 0. The molecule has 1 aliphatic carbocycles. The van der Waals surface area contributed by atoms with Crippen molar-refractivity contribution >= 4 is 12.0 Å². The summed E-state index contributed by atoms with van der Waals surface area (Å²) in [4.78, 5) is 24.3. The number of benzene rings is 3. The van der Waals surface area contributed by atoms with Crippen LogP contribution in [-0.4, -0.2) is 42.5 Å². The molecule has 0 aromatic heterocycles. The topological polar surface area (TPSA) is 106 Å². The normalized spacial score (nSPS) is 14.0. The molecule has 0 radical (unpaired) electrons. The number of aliphatic carboxylic acids is 1. The molecule has 0 unspecified atom stereocenters. The van der Waals surface area contributed by atoms with E-state index in [-0.39, 0.29) is 30.0 Å². The number of unbranched alkanes of at least 4 members (excludes halogenated alkanes) is 2. The Morgan fingerprint density at radius 3 is 1.83 bits per heavy atom. The van der Waals surface area contributed by atoms with Crippen LogP contribution in [0.1, 0.15) is 68.1 Å². The van der Waals surface area contributed by atoms with E-state index in [2.05, 4.69) is 20.1 Å². The smallest absolute Gasteiger partial charge is 0.494 e. The number of hydrogen-bond acceptors (Lipinski definition) is 5. The lowest BCUT2D eigenvalue weighted by Crippen LogP contribution is -2.53. The third kappa shape index (κ3) is 11.3. The molecule has 0 heterocycles. The van der Waals surface area contributed by atoms with E-state index < -0.39 is 41.8 Å². The molecule has 3 aromatic carbocycles.